The average Bonchev–Trinajstić information content (AvgIpc) is 3.24. The molecule has 3 aromatic rings. The molecule has 1 saturated heterocycles. The van der Waals surface area contributed by atoms with E-state index in [0.717, 1.165) is 45.5 Å². The maximum absolute atomic E-state index is 13.7. The van der Waals surface area contributed by atoms with Crippen molar-refractivity contribution in [1.29, 1.82) is 5.26 Å². The minimum atomic E-state index is -0.914. The Morgan fingerprint density at radius 1 is 1.15 bits per heavy atom. The molecule has 5 rings (SSSR count). The standard InChI is InChI=1S/C30H27BrN4O3S/c1-19-7-12-25-21(13-19)14-22(16-32)29(33-25)39-18-28(37)34(17-20-5-3-2-4-6-20)26-15-27(36)35(30(26)38)24-10-8-23(31)9-11-24/h2-6,8-11,14,19,26H,7,12-13,15,17-18H2,1H3. The van der Waals surface area contributed by atoms with E-state index in [1.165, 1.54) is 16.7 Å². The number of pyridine rings is 1. The fraction of sp³-hybridized carbons (Fsp3) is 0.300. The maximum atomic E-state index is 13.7. The van der Waals surface area contributed by atoms with Crippen LogP contribution in [0.15, 0.2) is 70.2 Å². The first kappa shape index (κ1) is 27.1. The van der Waals surface area contributed by atoms with Crippen LogP contribution in [0.2, 0.25) is 0 Å². The molecule has 1 aliphatic carbocycles. The van der Waals surface area contributed by atoms with Crippen LogP contribution in [-0.4, -0.2) is 39.4 Å². The highest BCUT2D eigenvalue weighted by Gasteiger charge is 2.44. The van der Waals surface area contributed by atoms with Gasteiger partial charge in [0, 0.05) is 16.7 Å². The third-order valence-corrected chi connectivity index (χ3v) is 8.66. The fourth-order valence-electron chi connectivity index (χ4n) is 5.10. The number of carbonyl (C=O) groups is 3. The molecule has 2 heterocycles. The summed E-state index contributed by atoms with van der Waals surface area (Å²) in [5.41, 5.74) is 3.89. The second-order valence-electron chi connectivity index (χ2n) is 9.97. The first-order valence-electron chi connectivity index (χ1n) is 12.9. The number of aryl methyl sites for hydroxylation is 1. The van der Waals surface area contributed by atoms with Crippen molar-refractivity contribution in [2.45, 2.75) is 50.2 Å². The van der Waals surface area contributed by atoms with E-state index in [9.17, 15) is 19.6 Å². The predicted octanol–water partition coefficient (Wildman–Crippen LogP) is 5.29. The van der Waals surface area contributed by atoms with Crippen molar-refractivity contribution >= 4 is 51.1 Å². The molecule has 7 nitrogen and oxygen atoms in total. The third-order valence-electron chi connectivity index (χ3n) is 7.15. The van der Waals surface area contributed by atoms with Crippen molar-refractivity contribution in [3.63, 3.8) is 0 Å². The largest absolute Gasteiger partial charge is 0.325 e. The van der Waals surface area contributed by atoms with Crippen LogP contribution in [0.3, 0.4) is 0 Å². The van der Waals surface area contributed by atoms with Gasteiger partial charge in [-0.3, -0.25) is 14.4 Å². The molecule has 0 radical (unpaired) electrons. The molecule has 2 unspecified atom stereocenters. The fourth-order valence-corrected chi connectivity index (χ4v) is 6.23. The van der Waals surface area contributed by atoms with Gasteiger partial charge >= 0.3 is 0 Å². The molecule has 1 aromatic heterocycles. The Bertz CT molecular complexity index is 1460. The molecule has 198 valence electrons. The zero-order valence-electron chi connectivity index (χ0n) is 21.5. The number of hydrogen-bond acceptors (Lipinski definition) is 6. The van der Waals surface area contributed by atoms with Gasteiger partial charge in [-0.05, 0) is 66.6 Å². The van der Waals surface area contributed by atoms with E-state index in [4.69, 9.17) is 4.98 Å². The molecule has 1 fully saturated rings. The van der Waals surface area contributed by atoms with Gasteiger partial charge in [0.05, 0.1) is 23.4 Å². The van der Waals surface area contributed by atoms with Crippen molar-refractivity contribution in [2.75, 3.05) is 10.7 Å². The number of fused-ring (bicyclic) bond motifs is 1. The lowest BCUT2D eigenvalue weighted by Crippen LogP contribution is -2.45. The summed E-state index contributed by atoms with van der Waals surface area (Å²) in [7, 11) is 0. The van der Waals surface area contributed by atoms with Gasteiger partial charge in [0.15, 0.2) is 0 Å². The smallest absolute Gasteiger partial charge is 0.257 e. The summed E-state index contributed by atoms with van der Waals surface area (Å²) in [6, 6.07) is 19.6. The van der Waals surface area contributed by atoms with Gasteiger partial charge in [-0.25, -0.2) is 9.88 Å². The van der Waals surface area contributed by atoms with Gasteiger partial charge in [-0.15, -0.1) is 0 Å². The number of aromatic nitrogens is 1. The SMILES string of the molecule is CC1CCc2nc(SCC(=O)N(Cc3ccccc3)C3CC(=O)N(c4ccc(Br)cc4)C3=O)c(C#N)cc2C1. The Morgan fingerprint density at radius 3 is 2.62 bits per heavy atom. The number of benzene rings is 2. The van der Waals surface area contributed by atoms with Gasteiger partial charge in [-0.1, -0.05) is 64.9 Å². The van der Waals surface area contributed by atoms with E-state index in [1.54, 1.807) is 24.3 Å². The molecule has 2 atom stereocenters. The Morgan fingerprint density at radius 2 is 1.90 bits per heavy atom. The van der Waals surface area contributed by atoms with E-state index in [2.05, 4.69) is 28.9 Å². The van der Waals surface area contributed by atoms with Crippen LogP contribution in [0.4, 0.5) is 5.69 Å². The number of nitrogens with zero attached hydrogens (tertiary/aromatic N) is 4. The number of imide groups is 1. The van der Waals surface area contributed by atoms with Crippen molar-refractivity contribution in [3.05, 3.63) is 87.5 Å². The Hall–Kier alpha value is -3.48. The monoisotopic (exact) mass is 602 g/mol. The van der Waals surface area contributed by atoms with Crippen molar-refractivity contribution in [3.8, 4) is 6.07 Å². The topological polar surface area (TPSA) is 94.4 Å². The molecule has 0 N–H and O–H groups in total. The highest BCUT2D eigenvalue weighted by Crippen LogP contribution is 2.31. The van der Waals surface area contributed by atoms with Gasteiger partial charge in [0.1, 0.15) is 17.1 Å². The van der Waals surface area contributed by atoms with Crippen LogP contribution in [0, 0.1) is 17.2 Å². The molecular weight excluding hydrogens is 576 g/mol. The number of rotatable bonds is 7. The van der Waals surface area contributed by atoms with E-state index >= 15 is 0 Å². The number of amides is 3. The molecule has 0 saturated carbocycles. The number of carbonyl (C=O) groups excluding carboxylic acids is 3. The second-order valence-corrected chi connectivity index (χ2v) is 11.8. The lowest BCUT2D eigenvalue weighted by Gasteiger charge is -2.28. The lowest BCUT2D eigenvalue weighted by molar-refractivity contribution is -0.136. The molecule has 0 bridgehead atoms. The summed E-state index contributed by atoms with van der Waals surface area (Å²) in [6.07, 6.45) is 2.72. The number of anilines is 1. The molecule has 2 aliphatic rings. The zero-order valence-corrected chi connectivity index (χ0v) is 23.9. The molecule has 9 heteroatoms. The molecule has 2 aromatic carbocycles. The molecule has 39 heavy (non-hydrogen) atoms. The van der Waals surface area contributed by atoms with Crippen LogP contribution in [0.25, 0.3) is 0 Å². The maximum Gasteiger partial charge on any atom is 0.257 e. The Balaban J connectivity index is 1.39. The van der Waals surface area contributed by atoms with Gasteiger partial charge in [0.2, 0.25) is 11.8 Å². The van der Waals surface area contributed by atoms with Crippen LogP contribution in [0.5, 0.6) is 0 Å². The van der Waals surface area contributed by atoms with E-state index in [0.29, 0.717) is 22.2 Å². The summed E-state index contributed by atoms with van der Waals surface area (Å²) in [5.74, 6) is -0.496. The normalized spacial score (nSPS) is 18.5. The summed E-state index contributed by atoms with van der Waals surface area (Å²) < 4.78 is 0.835. The number of thioether (sulfide) groups is 1. The third kappa shape index (κ3) is 5.92. The lowest BCUT2D eigenvalue weighted by atomic mass is 9.87. The Kier molecular flexibility index (Phi) is 8.15. The van der Waals surface area contributed by atoms with Crippen LogP contribution in [0.1, 0.15) is 42.1 Å². The van der Waals surface area contributed by atoms with E-state index in [-0.39, 0.29) is 30.5 Å². The van der Waals surface area contributed by atoms with E-state index in [1.807, 2.05) is 36.4 Å². The summed E-state index contributed by atoms with van der Waals surface area (Å²) >= 11 is 4.59. The summed E-state index contributed by atoms with van der Waals surface area (Å²) in [4.78, 5) is 47.6. The molecular formula is C30H27BrN4O3S. The van der Waals surface area contributed by atoms with Crippen molar-refractivity contribution in [2.24, 2.45) is 5.92 Å². The van der Waals surface area contributed by atoms with Crippen LogP contribution < -0.4 is 4.90 Å². The van der Waals surface area contributed by atoms with Crippen molar-refractivity contribution < 1.29 is 14.4 Å². The minimum absolute atomic E-state index is 0.0000424. The van der Waals surface area contributed by atoms with Gasteiger partial charge in [-0.2, -0.15) is 5.26 Å². The van der Waals surface area contributed by atoms with Gasteiger partial charge < -0.3 is 4.90 Å². The Labute approximate surface area is 240 Å². The molecule has 1 aliphatic heterocycles. The summed E-state index contributed by atoms with van der Waals surface area (Å²) in [6.45, 7) is 2.39. The van der Waals surface area contributed by atoms with Gasteiger partial charge in [0.25, 0.3) is 5.91 Å². The summed E-state index contributed by atoms with van der Waals surface area (Å²) in [5, 5.41) is 10.3. The van der Waals surface area contributed by atoms with Crippen molar-refractivity contribution in [1.82, 2.24) is 9.88 Å². The van der Waals surface area contributed by atoms with Crippen LogP contribution in [-0.2, 0) is 33.8 Å². The first-order chi connectivity index (χ1) is 18.8. The minimum Gasteiger partial charge on any atom is -0.325 e. The second kappa shape index (κ2) is 11.7. The quantitative estimate of drug-likeness (QED) is 0.269. The number of nitriles is 1. The average molecular weight is 604 g/mol. The van der Waals surface area contributed by atoms with Crippen LogP contribution >= 0.6 is 27.7 Å². The predicted molar refractivity (Wildman–Crippen MR) is 153 cm³/mol. The zero-order chi connectivity index (χ0) is 27.5. The first-order valence-corrected chi connectivity index (χ1v) is 14.6. The molecule has 0 spiro atoms. The molecule has 3 amide bonds. The highest BCUT2D eigenvalue weighted by atomic mass is 79.9. The van der Waals surface area contributed by atoms with E-state index < -0.39 is 11.9 Å². The highest BCUT2D eigenvalue weighted by molar-refractivity contribution is 9.10. The number of halogens is 1. The number of hydrogen-bond donors (Lipinski definition) is 0.